The van der Waals surface area contributed by atoms with Crippen LogP contribution in [0.15, 0.2) is 18.3 Å². The van der Waals surface area contributed by atoms with E-state index >= 15 is 0 Å². The van der Waals surface area contributed by atoms with Gasteiger partial charge in [0.15, 0.2) is 0 Å². The second-order valence-electron chi connectivity index (χ2n) is 7.06. The number of nitrogens with zero attached hydrogens (tertiary/aromatic N) is 6. The van der Waals surface area contributed by atoms with Gasteiger partial charge in [-0.05, 0) is 19.1 Å². The summed E-state index contributed by atoms with van der Waals surface area (Å²) in [6, 6.07) is 6.75. The van der Waals surface area contributed by atoms with E-state index in [0.717, 1.165) is 35.5 Å². The summed E-state index contributed by atoms with van der Waals surface area (Å²) in [6.07, 6.45) is 3.48. The molecule has 10 heteroatoms. The highest BCUT2D eigenvalue weighted by atomic mass is 35.5. The lowest BCUT2D eigenvalue weighted by atomic mass is 10.1. The summed E-state index contributed by atoms with van der Waals surface area (Å²) in [6.45, 7) is 4.08. The molecule has 0 radical (unpaired) electrons. The second-order valence-corrected chi connectivity index (χ2v) is 7.06. The number of anilines is 3. The molecule has 9 nitrogen and oxygen atoms in total. The minimum atomic E-state index is 0.142. The van der Waals surface area contributed by atoms with Crippen LogP contribution in [0.4, 0.5) is 17.5 Å². The van der Waals surface area contributed by atoms with E-state index in [1.54, 1.807) is 6.92 Å². The number of nitrogens with two attached hydrogens (primary N) is 1. The Morgan fingerprint density at radius 1 is 1.37 bits per heavy atom. The zero-order valence-corrected chi connectivity index (χ0v) is 18.3. The summed E-state index contributed by atoms with van der Waals surface area (Å²) in [4.78, 5) is 15.4. The van der Waals surface area contributed by atoms with Gasteiger partial charge in [0.05, 0.1) is 40.7 Å². The molecule has 1 aliphatic rings. The molecule has 0 unspecified atom stereocenters. The first-order valence-corrected chi connectivity index (χ1v) is 10.3. The van der Waals surface area contributed by atoms with Crippen molar-refractivity contribution in [3.05, 3.63) is 35.3 Å². The van der Waals surface area contributed by atoms with Gasteiger partial charge in [0.1, 0.15) is 17.5 Å². The number of nitrogens with one attached hydrogen (secondary N) is 2. The molecule has 158 valence electrons. The van der Waals surface area contributed by atoms with Crippen molar-refractivity contribution in [2.75, 3.05) is 42.5 Å². The summed E-state index contributed by atoms with van der Waals surface area (Å²) in [7, 11) is 4.11. The number of pyridine rings is 1. The Morgan fingerprint density at radius 3 is 2.73 bits per heavy atom. The number of fused-ring (bicyclic) bond motifs is 1. The molecule has 0 amide bonds. The lowest BCUT2D eigenvalue weighted by Gasteiger charge is -2.38. The zero-order valence-electron chi connectivity index (χ0n) is 17.6. The monoisotopic (exact) mass is 427 g/mol. The van der Waals surface area contributed by atoms with E-state index in [4.69, 9.17) is 10.7 Å². The number of alkyl halides is 1. The molecule has 4 heterocycles. The Bertz CT molecular complexity index is 1080. The topological polar surface area (TPSA) is 121 Å². The molecule has 0 atom stereocenters. The van der Waals surface area contributed by atoms with Gasteiger partial charge in [-0.2, -0.15) is 10.2 Å². The molecule has 1 saturated heterocycles. The van der Waals surface area contributed by atoms with Crippen LogP contribution in [0.25, 0.3) is 11.0 Å². The lowest BCUT2D eigenvalue weighted by Crippen LogP contribution is -2.56. The van der Waals surface area contributed by atoms with Crippen molar-refractivity contribution < 1.29 is 0 Å². The van der Waals surface area contributed by atoms with Gasteiger partial charge >= 0.3 is 0 Å². The summed E-state index contributed by atoms with van der Waals surface area (Å²) in [5.74, 6) is 0.574. The van der Waals surface area contributed by atoms with Gasteiger partial charge in [-0.1, -0.05) is 0 Å². The van der Waals surface area contributed by atoms with Crippen LogP contribution >= 0.6 is 11.6 Å². The van der Waals surface area contributed by atoms with Gasteiger partial charge in [0.25, 0.3) is 0 Å². The predicted octanol–water partition coefficient (Wildman–Crippen LogP) is 2.00. The molecule has 1 aliphatic heterocycles. The minimum Gasteiger partial charge on any atom is -0.368 e. The molecule has 3 aromatic rings. The maximum Gasteiger partial charge on any atom is 0.222 e. The second kappa shape index (κ2) is 9.15. The third-order valence-corrected chi connectivity index (χ3v) is 5.25. The summed E-state index contributed by atoms with van der Waals surface area (Å²) < 4.78 is 2.07. The number of nitriles is 1. The van der Waals surface area contributed by atoms with Crippen molar-refractivity contribution in [3.63, 3.8) is 0 Å². The Labute approximate surface area is 180 Å². The molecular formula is C20H26ClN9. The van der Waals surface area contributed by atoms with Gasteiger partial charge in [0, 0.05) is 39.8 Å². The van der Waals surface area contributed by atoms with Crippen LogP contribution in [0, 0.1) is 18.3 Å². The van der Waals surface area contributed by atoms with Crippen molar-refractivity contribution in [3.8, 4) is 6.07 Å². The van der Waals surface area contributed by atoms with E-state index in [1.807, 2.05) is 19.3 Å². The van der Waals surface area contributed by atoms with Crippen LogP contribution in [0.2, 0.25) is 0 Å². The quantitative estimate of drug-likeness (QED) is 0.528. The highest BCUT2D eigenvalue weighted by Gasteiger charge is 2.25. The van der Waals surface area contributed by atoms with Crippen molar-refractivity contribution in [2.45, 2.75) is 19.5 Å². The largest absolute Gasteiger partial charge is 0.368 e. The van der Waals surface area contributed by atoms with E-state index in [1.165, 1.54) is 6.38 Å². The Kier molecular flexibility index (Phi) is 6.59. The van der Waals surface area contributed by atoms with Crippen molar-refractivity contribution in [1.29, 1.82) is 5.26 Å². The summed E-state index contributed by atoms with van der Waals surface area (Å²) in [5.41, 5.74) is 10.7. The molecule has 1 fully saturated rings. The standard InChI is InChI=1S/C19H23N9.CH3Cl/c1-11-13(7-20)18(26-19(21)24-11)23-10-15-17(28(3)12-8-22-9-12)6-16-14(25-15)4-5-27(16)2;1-2/h4-6,12,22H,8-10H2,1-3H3,(H3,21,23,24,26);1H3. The number of rotatable bonds is 5. The van der Waals surface area contributed by atoms with Crippen LogP contribution in [-0.4, -0.2) is 52.1 Å². The first-order valence-electron chi connectivity index (χ1n) is 9.52. The van der Waals surface area contributed by atoms with Gasteiger partial charge in [-0.25, -0.2) is 9.97 Å². The van der Waals surface area contributed by atoms with Gasteiger partial charge < -0.3 is 25.8 Å². The van der Waals surface area contributed by atoms with Crippen LogP contribution in [-0.2, 0) is 13.6 Å². The average Bonchev–Trinajstić information content (AvgIpc) is 3.05. The van der Waals surface area contributed by atoms with E-state index < -0.39 is 0 Å². The fraction of sp³-hybridized carbons (Fsp3) is 0.400. The van der Waals surface area contributed by atoms with Crippen molar-refractivity contribution in [1.82, 2.24) is 24.8 Å². The Hall–Kier alpha value is -3.09. The minimum absolute atomic E-state index is 0.142. The molecule has 3 aromatic heterocycles. The number of aryl methyl sites for hydroxylation is 2. The van der Waals surface area contributed by atoms with Crippen LogP contribution in [0.3, 0.4) is 0 Å². The predicted molar refractivity (Wildman–Crippen MR) is 121 cm³/mol. The summed E-state index contributed by atoms with van der Waals surface area (Å²) >= 11 is 4.64. The maximum absolute atomic E-state index is 9.44. The fourth-order valence-corrected chi connectivity index (χ4v) is 3.42. The smallest absolute Gasteiger partial charge is 0.222 e. The SMILES string of the molecule is CCl.Cc1nc(N)nc(NCc2nc3ccn(C)c3cc2N(C)C2CNC2)c1C#N. The molecule has 0 saturated carbocycles. The van der Waals surface area contributed by atoms with Crippen molar-refractivity contribution in [2.24, 2.45) is 7.05 Å². The zero-order chi connectivity index (χ0) is 21.8. The fourth-order valence-electron chi connectivity index (χ4n) is 3.42. The Balaban J connectivity index is 0.00000124. The average molecular weight is 428 g/mol. The lowest BCUT2D eigenvalue weighted by molar-refractivity contribution is 0.428. The molecule has 0 aliphatic carbocycles. The van der Waals surface area contributed by atoms with Gasteiger partial charge in [-0.15, -0.1) is 11.6 Å². The molecule has 0 aromatic carbocycles. The molecule has 4 N–H and O–H groups in total. The highest BCUT2D eigenvalue weighted by molar-refractivity contribution is 6.15. The number of nitrogen functional groups attached to an aromatic ring is 1. The maximum atomic E-state index is 9.44. The van der Waals surface area contributed by atoms with Gasteiger partial charge in [-0.3, -0.25) is 0 Å². The number of hydrogen-bond acceptors (Lipinski definition) is 8. The van der Waals surface area contributed by atoms with Crippen molar-refractivity contribution >= 4 is 40.1 Å². The third-order valence-electron chi connectivity index (χ3n) is 5.25. The van der Waals surface area contributed by atoms with E-state index in [2.05, 4.69) is 60.9 Å². The summed E-state index contributed by atoms with van der Waals surface area (Å²) in [5, 5.41) is 16.0. The number of aromatic nitrogens is 4. The Morgan fingerprint density at radius 2 is 2.10 bits per heavy atom. The van der Waals surface area contributed by atoms with Crippen LogP contribution in [0.1, 0.15) is 17.0 Å². The normalized spacial score (nSPS) is 13.2. The molecule has 30 heavy (non-hydrogen) atoms. The first kappa shape index (κ1) is 21.6. The number of halogens is 1. The van der Waals surface area contributed by atoms with Gasteiger partial charge in [0.2, 0.25) is 5.95 Å². The number of likely N-dealkylation sites (N-methyl/N-ethyl adjacent to an activating group) is 1. The number of hydrogen-bond donors (Lipinski definition) is 3. The van der Waals surface area contributed by atoms with E-state index in [9.17, 15) is 5.26 Å². The highest BCUT2D eigenvalue weighted by Crippen LogP contribution is 2.27. The van der Waals surface area contributed by atoms with E-state index in [0.29, 0.717) is 29.7 Å². The third kappa shape index (κ3) is 4.10. The molecule has 4 rings (SSSR count). The molecular weight excluding hydrogens is 402 g/mol. The molecule has 0 spiro atoms. The van der Waals surface area contributed by atoms with E-state index in [-0.39, 0.29) is 5.95 Å². The molecule has 0 bridgehead atoms. The first-order chi connectivity index (χ1) is 14.5. The van der Waals surface area contributed by atoms with Crippen LogP contribution in [0.5, 0.6) is 0 Å². The van der Waals surface area contributed by atoms with Crippen LogP contribution < -0.4 is 21.3 Å².